The third-order valence-corrected chi connectivity index (χ3v) is 6.01. The van der Waals surface area contributed by atoms with Gasteiger partial charge in [-0.3, -0.25) is 4.79 Å². The number of aromatic nitrogens is 2. The SMILES string of the molecule is COc1ccc(C=NNC(=O)c2ccc(CSc3nc4ccccc4[nH]3)cc2)c(OC)c1OC. The minimum Gasteiger partial charge on any atom is -0.493 e. The van der Waals surface area contributed by atoms with E-state index in [4.69, 9.17) is 14.2 Å². The number of carbonyl (C=O) groups is 1. The third kappa shape index (κ3) is 5.15. The first kappa shape index (κ1) is 23.2. The Kier molecular flexibility index (Phi) is 7.34. The van der Waals surface area contributed by atoms with E-state index in [0.29, 0.717) is 28.4 Å². The fourth-order valence-corrected chi connectivity index (χ4v) is 4.19. The lowest BCUT2D eigenvalue weighted by Gasteiger charge is -2.13. The van der Waals surface area contributed by atoms with E-state index >= 15 is 0 Å². The van der Waals surface area contributed by atoms with Crippen molar-refractivity contribution in [1.29, 1.82) is 0 Å². The van der Waals surface area contributed by atoms with Gasteiger partial charge >= 0.3 is 0 Å². The number of ether oxygens (including phenoxy) is 3. The van der Waals surface area contributed by atoms with Gasteiger partial charge in [-0.2, -0.15) is 5.10 Å². The molecule has 0 unspecified atom stereocenters. The minimum absolute atomic E-state index is 0.313. The van der Waals surface area contributed by atoms with Gasteiger partial charge in [0.1, 0.15) is 0 Å². The second-order valence-electron chi connectivity index (χ2n) is 7.17. The van der Waals surface area contributed by atoms with Gasteiger partial charge in [-0.25, -0.2) is 10.4 Å². The van der Waals surface area contributed by atoms with Gasteiger partial charge in [-0.15, -0.1) is 0 Å². The van der Waals surface area contributed by atoms with E-state index in [1.165, 1.54) is 20.4 Å². The molecule has 34 heavy (non-hydrogen) atoms. The number of aromatic amines is 1. The Balaban J connectivity index is 1.36. The van der Waals surface area contributed by atoms with E-state index < -0.39 is 0 Å². The van der Waals surface area contributed by atoms with Crippen LogP contribution in [0.3, 0.4) is 0 Å². The molecule has 0 spiro atoms. The number of H-pyrrole nitrogens is 1. The molecular weight excluding hydrogens is 452 g/mol. The predicted octanol–water partition coefficient (Wildman–Crippen LogP) is 4.64. The topological polar surface area (TPSA) is 97.8 Å². The fraction of sp³-hybridized carbons (Fsp3) is 0.160. The molecule has 0 atom stereocenters. The summed E-state index contributed by atoms with van der Waals surface area (Å²) in [6.07, 6.45) is 1.50. The first-order valence-electron chi connectivity index (χ1n) is 10.4. The zero-order valence-corrected chi connectivity index (χ0v) is 19.8. The molecule has 0 aliphatic heterocycles. The molecule has 4 rings (SSSR count). The van der Waals surface area contributed by atoms with E-state index in [-0.39, 0.29) is 5.91 Å². The molecular formula is C25H24N4O4S. The lowest BCUT2D eigenvalue weighted by atomic mass is 10.1. The standard InChI is InChI=1S/C25H24N4O4S/c1-31-21-13-12-18(22(32-2)23(21)33-3)14-26-29-24(30)17-10-8-16(9-11-17)15-34-25-27-19-6-4-5-7-20(19)28-25/h4-14H,15H2,1-3H3,(H,27,28)(H,29,30). The summed E-state index contributed by atoms with van der Waals surface area (Å²) in [5.41, 5.74) is 6.73. The zero-order valence-electron chi connectivity index (χ0n) is 19.0. The monoisotopic (exact) mass is 476 g/mol. The van der Waals surface area contributed by atoms with Gasteiger partial charge < -0.3 is 19.2 Å². The molecule has 0 saturated carbocycles. The van der Waals surface area contributed by atoms with Crippen molar-refractivity contribution in [2.75, 3.05) is 21.3 Å². The van der Waals surface area contributed by atoms with Gasteiger partial charge in [0.05, 0.1) is 38.6 Å². The second kappa shape index (κ2) is 10.8. The molecule has 0 radical (unpaired) electrons. The number of imidazole rings is 1. The molecule has 0 fully saturated rings. The molecule has 1 heterocycles. The predicted molar refractivity (Wildman–Crippen MR) is 133 cm³/mol. The van der Waals surface area contributed by atoms with Gasteiger partial charge in [0.25, 0.3) is 5.91 Å². The maximum atomic E-state index is 12.5. The number of amides is 1. The Bertz CT molecular complexity index is 1290. The lowest BCUT2D eigenvalue weighted by molar-refractivity contribution is 0.0955. The van der Waals surface area contributed by atoms with Crippen molar-refractivity contribution in [1.82, 2.24) is 15.4 Å². The first-order valence-corrected chi connectivity index (χ1v) is 11.4. The van der Waals surface area contributed by atoms with Gasteiger partial charge in [0.2, 0.25) is 5.75 Å². The van der Waals surface area contributed by atoms with Crippen LogP contribution in [0.1, 0.15) is 21.5 Å². The number of hydrogen-bond acceptors (Lipinski definition) is 7. The van der Waals surface area contributed by atoms with Crippen molar-refractivity contribution in [3.8, 4) is 17.2 Å². The molecule has 174 valence electrons. The van der Waals surface area contributed by atoms with Crippen LogP contribution in [0.5, 0.6) is 17.2 Å². The van der Waals surface area contributed by atoms with Crippen LogP contribution in [0.25, 0.3) is 11.0 Å². The molecule has 0 saturated heterocycles. The summed E-state index contributed by atoms with van der Waals surface area (Å²) < 4.78 is 16.1. The number of benzene rings is 3. The number of carbonyl (C=O) groups excluding carboxylic acids is 1. The summed E-state index contributed by atoms with van der Waals surface area (Å²) in [4.78, 5) is 20.4. The van der Waals surface area contributed by atoms with Crippen LogP contribution in [0.4, 0.5) is 0 Å². The smallest absolute Gasteiger partial charge is 0.271 e. The summed E-state index contributed by atoms with van der Waals surface area (Å²) in [5, 5.41) is 4.92. The number of hydrogen-bond donors (Lipinski definition) is 2. The van der Waals surface area contributed by atoms with Crippen LogP contribution >= 0.6 is 11.8 Å². The van der Waals surface area contributed by atoms with Crippen LogP contribution in [0, 0.1) is 0 Å². The molecule has 4 aromatic rings. The Labute approximate surface area is 201 Å². The highest BCUT2D eigenvalue weighted by atomic mass is 32.2. The minimum atomic E-state index is -0.313. The molecule has 9 heteroatoms. The second-order valence-corrected chi connectivity index (χ2v) is 8.13. The van der Waals surface area contributed by atoms with E-state index in [0.717, 1.165) is 27.5 Å². The molecule has 8 nitrogen and oxygen atoms in total. The van der Waals surface area contributed by atoms with Crippen LogP contribution in [-0.4, -0.2) is 43.4 Å². The molecule has 0 aliphatic rings. The number of nitrogens with one attached hydrogen (secondary N) is 2. The number of methoxy groups -OCH3 is 3. The Morgan fingerprint density at radius 2 is 1.76 bits per heavy atom. The largest absolute Gasteiger partial charge is 0.493 e. The van der Waals surface area contributed by atoms with Crippen LogP contribution < -0.4 is 19.6 Å². The van der Waals surface area contributed by atoms with Crippen molar-refractivity contribution in [3.63, 3.8) is 0 Å². The average molecular weight is 477 g/mol. The molecule has 0 aliphatic carbocycles. The summed E-state index contributed by atoms with van der Waals surface area (Å²) in [7, 11) is 4.61. The van der Waals surface area contributed by atoms with Gasteiger partial charge in [0, 0.05) is 16.9 Å². The number of para-hydroxylation sites is 2. The number of rotatable bonds is 9. The van der Waals surface area contributed by atoms with Crippen LogP contribution in [0.2, 0.25) is 0 Å². The maximum Gasteiger partial charge on any atom is 0.271 e. The number of fused-ring (bicyclic) bond motifs is 1. The maximum absolute atomic E-state index is 12.5. The number of hydrazone groups is 1. The van der Waals surface area contributed by atoms with E-state index in [1.807, 2.05) is 36.4 Å². The number of thioether (sulfide) groups is 1. The Morgan fingerprint density at radius 3 is 2.47 bits per heavy atom. The van der Waals surface area contributed by atoms with Crippen molar-refractivity contribution in [3.05, 3.63) is 77.4 Å². The normalized spacial score (nSPS) is 11.0. The average Bonchev–Trinajstić information content (AvgIpc) is 3.30. The highest BCUT2D eigenvalue weighted by molar-refractivity contribution is 7.98. The molecule has 1 aromatic heterocycles. The van der Waals surface area contributed by atoms with E-state index in [9.17, 15) is 4.79 Å². The molecule has 0 bridgehead atoms. The van der Waals surface area contributed by atoms with Crippen molar-refractivity contribution in [2.45, 2.75) is 10.9 Å². The third-order valence-electron chi connectivity index (χ3n) is 5.06. The van der Waals surface area contributed by atoms with Crippen molar-refractivity contribution < 1.29 is 19.0 Å². The zero-order chi connectivity index (χ0) is 23.9. The van der Waals surface area contributed by atoms with Gasteiger partial charge in [-0.05, 0) is 42.0 Å². The summed E-state index contributed by atoms with van der Waals surface area (Å²) in [5.74, 6) is 1.88. The molecule has 2 N–H and O–H groups in total. The van der Waals surface area contributed by atoms with Crippen molar-refractivity contribution in [2.24, 2.45) is 5.10 Å². The summed E-state index contributed by atoms with van der Waals surface area (Å²) in [6, 6.07) is 18.8. The van der Waals surface area contributed by atoms with E-state index in [1.54, 1.807) is 43.1 Å². The van der Waals surface area contributed by atoms with Gasteiger partial charge in [0.15, 0.2) is 16.7 Å². The molecule has 1 amide bonds. The summed E-state index contributed by atoms with van der Waals surface area (Å²) in [6.45, 7) is 0. The highest BCUT2D eigenvalue weighted by Gasteiger charge is 2.14. The first-order chi connectivity index (χ1) is 16.6. The van der Waals surface area contributed by atoms with Crippen molar-refractivity contribution >= 4 is 34.9 Å². The van der Waals surface area contributed by atoms with Gasteiger partial charge in [-0.1, -0.05) is 36.0 Å². The highest BCUT2D eigenvalue weighted by Crippen LogP contribution is 2.39. The number of nitrogens with zero attached hydrogens (tertiary/aromatic N) is 2. The molecule has 3 aromatic carbocycles. The Hall–Kier alpha value is -3.98. The quantitative estimate of drug-likeness (QED) is 0.207. The fourth-order valence-electron chi connectivity index (χ4n) is 3.35. The van der Waals surface area contributed by atoms with E-state index in [2.05, 4.69) is 20.5 Å². The lowest BCUT2D eigenvalue weighted by Crippen LogP contribution is -2.17. The Morgan fingerprint density at radius 1 is 1.00 bits per heavy atom. The van der Waals surface area contributed by atoms with Crippen LogP contribution in [0.15, 0.2) is 70.9 Å². The van der Waals surface area contributed by atoms with Crippen LogP contribution in [-0.2, 0) is 5.75 Å². The summed E-state index contributed by atoms with van der Waals surface area (Å²) >= 11 is 1.61.